The molecule has 2 atom stereocenters. The molecule has 0 aromatic carbocycles. The van der Waals surface area contributed by atoms with E-state index in [9.17, 15) is 9.90 Å². The fraction of sp³-hybridized carbons (Fsp3) is 0.933. The topological polar surface area (TPSA) is 75.4 Å². The van der Waals surface area contributed by atoms with Crippen LogP contribution in [0, 0.1) is 5.92 Å². The summed E-state index contributed by atoms with van der Waals surface area (Å²) in [6, 6.07) is -0.00229. The fourth-order valence-electron chi connectivity index (χ4n) is 3.43. The summed E-state index contributed by atoms with van der Waals surface area (Å²) in [7, 11) is 0. The van der Waals surface area contributed by atoms with Gasteiger partial charge in [0.1, 0.15) is 0 Å². The van der Waals surface area contributed by atoms with Crippen molar-refractivity contribution in [1.29, 1.82) is 0 Å². The molecule has 0 aromatic heterocycles. The first kappa shape index (κ1) is 14.8. The van der Waals surface area contributed by atoms with Crippen molar-refractivity contribution < 1.29 is 9.90 Å². The highest BCUT2D eigenvalue weighted by atomic mass is 16.3. The molecule has 19 heavy (non-hydrogen) atoms. The van der Waals surface area contributed by atoms with Gasteiger partial charge in [-0.05, 0) is 25.7 Å². The van der Waals surface area contributed by atoms with Crippen molar-refractivity contribution in [3.05, 3.63) is 0 Å². The quantitative estimate of drug-likeness (QED) is 0.682. The third-order valence-corrected chi connectivity index (χ3v) is 4.78. The smallest absolute Gasteiger partial charge is 0.224 e. The number of nitrogens with one attached hydrogen (secondary N) is 1. The van der Waals surface area contributed by atoms with Crippen LogP contribution in [0.5, 0.6) is 0 Å². The van der Waals surface area contributed by atoms with E-state index in [4.69, 9.17) is 5.73 Å². The second kappa shape index (κ2) is 6.71. The zero-order chi connectivity index (χ0) is 13.7. The predicted molar refractivity (Wildman–Crippen MR) is 75.6 cm³/mol. The van der Waals surface area contributed by atoms with Crippen LogP contribution in [0.25, 0.3) is 0 Å². The summed E-state index contributed by atoms with van der Waals surface area (Å²) in [5.41, 5.74) is 5.33. The summed E-state index contributed by atoms with van der Waals surface area (Å²) in [6.45, 7) is 0.398. The molecule has 4 nitrogen and oxygen atoms in total. The molecule has 0 aliphatic heterocycles. The van der Waals surface area contributed by atoms with Crippen LogP contribution in [0.1, 0.15) is 64.2 Å². The van der Waals surface area contributed by atoms with Crippen molar-refractivity contribution in [2.45, 2.75) is 75.9 Å². The summed E-state index contributed by atoms with van der Waals surface area (Å²) >= 11 is 0. The van der Waals surface area contributed by atoms with E-state index in [1.165, 1.54) is 12.8 Å². The maximum absolute atomic E-state index is 12.2. The second-order valence-corrected chi connectivity index (χ2v) is 6.41. The van der Waals surface area contributed by atoms with Crippen LogP contribution in [0.4, 0.5) is 0 Å². The minimum atomic E-state index is -0.690. The Morgan fingerprint density at radius 2 is 1.74 bits per heavy atom. The van der Waals surface area contributed by atoms with Crippen molar-refractivity contribution in [3.8, 4) is 0 Å². The van der Waals surface area contributed by atoms with E-state index >= 15 is 0 Å². The van der Waals surface area contributed by atoms with Crippen LogP contribution >= 0.6 is 0 Å². The number of rotatable bonds is 3. The van der Waals surface area contributed by atoms with Gasteiger partial charge in [-0.2, -0.15) is 0 Å². The summed E-state index contributed by atoms with van der Waals surface area (Å²) in [6.07, 6.45) is 10.2. The lowest BCUT2D eigenvalue weighted by molar-refractivity contribution is -0.127. The summed E-state index contributed by atoms with van der Waals surface area (Å²) < 4.78 is 0. The lowest BCUT2D eigenvalue weighted by Crippen LogP contribution is -2.48. The molecular weight excluding hydrogens is 240 g/mol. The number of carbonyl (C=O) groups excluding carboxylic acids is 1. The maximum atomic E-state index is 12.2. The normalized spacial score (nSPS) is 31.5. The van der Waals surface area contributed by atoms with Crippen LogP contribution in [0.15, 0.2) is 0 Å². The number of hydrogen-bond donors (Lipinski definition) is 3. The average molecular weight is 268 g/mol. The van der Waals surface area contributed by atoms with Crippen LogP contribution in [-0.2, 0) is 4.79 Å². The Hall–Kier alpha value is -0.610. The van der Waals surface area contributed by atoms with Crippen LogP contribution in [0.3, 0.4) is 0 Å². The highest BCUT2D eigenvalue weighted by Crippen LogP contribution is 2.27. The molecule has 4 N–H and O–H groups in total. The lowest BCUT2D eigenvalue weighted by Gasteiger charge is -2.31. The van der Waals surface area contributed by atoms with Gasteiger partial charge in [-0.25, -0.2) is 0 Å². The lowest BCUT2D eigenvalue weighted by atomic mass is 9.84. The number of hydrogen-bond acceptors (Lipinski definition) is 3. The van der Waals surface area contributed by atoms with Gasteiger partial charge in [-0.15, -0.1) is 0 Å². The van der Waals surface area contributed by atoms with E-state index in [2.05, 4.69) is 5.32 Å². The molecule has 0 radical (unpaired) electrons. The van der Waals surface area contributed by atoms with E-state index in [-0.39, 0.29) is 17.9 Å². The van der Waals surface area contributed by atoms with Crippen LogP contribution < -0.4 is 11.1 Å². The first-order valence-electron chi connectivity index (χ1n) is 7.86. The van der Waals surface area contributed by atoms with Gasteiger partial charge in [0.25, 0.3) is 0 Å². The highest BCUT2D eigenvalue weighted by molar-refractivity contribution is 5.79. The summed E-state index contributed by atoms with van der Waals surface area (Å²) in [4.78, 5) is 12.2. The molecule has 2 aliphatic carbocycles. The number of carbonyl (C=O) groups is 1. The molecule has 1 amide bonds. The van der Waals surface area contributed by atoms with E-state index in [0.717, 1.165) is 51.4 Å². The standard InChI is InChI=1S/C15H28N2O2/c16-13-8-4-3-7-12(13)14(18)17-11-15(19)9-5-1-2-6-10-15/h12-13,19H,1-11,16H2,(H,17,18). The molecule has 2 fully saturated rings. The van der Waals surface area contributed by atoms with E-state index in [0.29, 0.717) is 6.54 Å². The molecule has 110 valence electrons. The van der Waals surface area contributed by atoms with Gasteiger partial charge < -0.3 is 16.2 Å². The minimum absolute atomic E-state index is 0.00229. The van der Waals surface area contributed by atoms with Crippen molar-refractivity contribution in [1.82, 2.24) is 5.32 Å². The molecule has 2 saturated carbocycles. The predicted octanol–water partition coefficient (Wildman–Crippen LogP) is 1.71. The monoisotopic (exact) mass is 268 g/mol. The zero-order valence-corrected chi connectivity index (χ0v) is 11.9. The summed E-state index contributed by atoms with van der Waals surface area (Å²) in [5, 5.41) is 13.5. The second-order valence-electron chi connectivity index (χ2n) is 6.41. The van der Waals surface area contributed by atoms with Gasteiger partial charge in [0.2, 0.25) is 5.91 Å². The third kappa shape index (κ3) is 4.18. The minimum Gasteiger partial charge on any atom is -0.388 e. The number of amides is 1. The largest absolute Gasteiger partial charge is 0.388 e. The first-order chi connectivity index (χ1) is 9.11. The molecule has 2 unspecified atom stereocenters. The molecule has 0 aromatic rings. The third-order valence-electron chi connectivity index (χ3n) is 4.78. The number of aliphatic hydroxyl groups is 1. The number of nitrogens with two attached hydrogens (primary N) is 1. The maximum Gasteiger partial charge on any atom is 0.224 e. The van der Waals surface area contributed by atoms with Crippen LogP contribution in [-0.4, -0.2) is 29.2 Å². The van der Waals surface area contributed by atoms with Crippen molar-refractivity contribution >= 4 is 5.91 Å². The van der Waals surface area contributed by atoms with Crippen molar-refractivity contribution in [3.63, 3.8) is 0 Å². The van der Waals surface area contributed by atoms with E-state index in [1.54, 1.807) is 0 Å². The Labute approximate surface area is 116 Å². The molecule has 0 heterocycles. The van der Waals surface area contributed by atoms with Gasteiger partial charge in [-0.3, -0.25) is 4.79 Å². The Balaban J connectivity index is 1.81. The van der Waals surface area contributed by atoms with Gasteiger partial charge in [0.15, 0.2) is 0 Å². The zero-order valence-electron chi connectivity index (χ0n) is 11.9. The molecule has 2 rings (SSSR count). The molecule has 0 saturated heterocycles. The molecule has 0 spiro atoms. The Morgan fingerprint density at radius 3 is 2.37 bits per heavy atom. The average Bonchev–Trinajstić information content (AvgIpc) is 2.62. The Bertz CT molecular complexity index is 299. The molecular formula is C15H28N2O2. The SMILES string of the molecule is NC1CCCCC1C(=O)NCC1(O)CCCCCC1. The van der Waals surface area contributed by atoms with Crippen molar-refractivity contribution in [2.75, 3.05) is 6.54 Å². The van der Waals surface area contributed by atoms with Crippen LogP contribution in [0.2, 0.25) is 0 Å². The van der Waals surface area contributed by atoms with Gasteiger partial charge in [0.05, 0.1) is 11.5 Å². The molecule has 2 aliphatic rings. The van der Waals surface area contributed by atoms with Crippen molar-refractivity contribution in [2.24, 2.45) is 11.7 Å². The van der Waals surface area contributed by atoms with E-state index < -0.39 is 5.60 Å². The van der Waals surface area contributed by atoms with Gasteiger partial charge >= 0.3 is 0 Å². The van der Waals surface area contributed by atoms with Gasteiger partial charge in [-0.1, -0.05) is 38.5 Å². The molecule has 0 bridgehead atoms. The Morgan fingerprint density at radius 1 is 1.11 bits per heavy atom. The summed E-state index contributed by atoms with van der Waals surface area (Å²) in [5.74, 6) is -0.00648. The first-order valence-corrected chi connectivity index (χ1v) is 7.86. The molecule has 4 heteroatoms. The highest BCUT2D eigenvalue weighted by Gasteiger charge is 2.32. The van der Waals surface area contributed by atoms with E-state index in [1.807, 2.05) is 0 Å². The van der Waals surface area contributed by atoms with Gasteiger partial charge in [0, 0.05) is 12.6 Å². The Kier molecular flexibility index (Phi) is 5.22. The fourth-order valence-corrected chi connectivity index (χ4v) is 3.43.